The molecule has 4 heteroatoms. The van der Waals surface area contributed by atoms with Crippen LogP contribution in [0.3, 0.4) is 0 Å². The molecule has 2 N–H and O–H groups in total. The summed E-state index contributed by atoms with van der Waals surface area (Å²) in [6, 6.07) is 6.88. The lowest BCUT2D eigenvalue weighted by molar-refractivity contribution is -0.937. The first-order chi connectivity index (χ1) is 11.2. The van der Waals surface area contributed by atoms with Crippen molar-refractivity contribution in [3.8, 4) is 11.5 Å². The molecule has 1 aromatic rings. The number of fused-ring (bicyclic) bond motifs is 1. The highest BCUT2D eigenvalue weighted by atomic mass is 16.5. The standard InChI is InChI=1S/C19H29NO3/c1-22-18-8-7-14(13-19(18)23-2)9-11-20-12-10-17(21)15-5-3-4-6-16(15)20/h7-8,13,15-17,21H,3-6,9-12H2,1-2H3/p+1/t15-,16-,17+/m0/s1. The molecule has 2 aliphatic rings. The Morgan fingerprint density at radius 1 is 1.09 bits per heavy atom. The molecule has 23 heavy (non-hydrogen) atoms. The summed E-state index contributed by atoms with van der Waals surface area (Å²) in [6.45, 7) is 2.25. The first kappa shape index (κ1) is 16.6. The summed E-state index contributed by atoms with van der Waals surface area (Å²) in [5.41, 5.74) is 1.30. The Morgan fingerprint density at radius 3 is 2.65 bits per heavy atom. The molecule has 0 radical (unpaired) electrons. The molecule has 1 aromatic carbocycles. The summed E-state index contributed by atoms with van der Waals surface area (Å²) in [5.74, 6) is 2.12. The molecule has 0 bridgehead atoms. The zero-order valence-electron chi connectivity index (χ0n) is 14.4. The van der Waals surface area contributed by atoms with Gasteiger partial charge in [0.2, 0.25) is 0 Å². The van der Waals surface area contributed by atoms with Crippen LogP contribution in [-0.4, -0.2) is 44.6 Å². The zero-order valence-corrected chi connectivity index (χ0v) is 14.4. The summed E-state index contributed by atoms with van der Waals surface area (Å²) < 4.78 is 10.7. The van der Waals surface area contributed by atoms with Gasteiger partial charge in [0.05, 0.1) is 39.5 Å². The third kappa shape index (κ3) is 3.64. The fourth-order valence-electron chi connectivity index (χ4n) is 4.51. The van der Waals surface area contributed by atoms with Crippen LogP contribution in [0.4, 0.5) is 0 Å². The van der Waals surface area contributed by atoms with Gasteiger partial charge in [0, 0.05) is 18.8 Å². The minimum Gasteiger partial charge on any atom is -0.493 e. The number of aliphatic hydroxyl groups excluding tert-OH is 1. The third-order valence-electron chi connectivity index (χ3n) is 5.78. The molecule has 0 aromatic heterocycles. The largest absolute Gasteiger partial charge is 0.493 e. The minimum absolute atomic E-state index is 0.0647. The molecule has 2 fully saturated rings. The lowest BCUT2D eigenvalue weighted by Crippen LogP contribution is -3.18. The second-order valence-corrected chi connectivity index (χ2v) is 7.01. The Bertz CT molecular complexity index is 519. The quantitative estimate of drug-likeness (QED) is 0.863. The third-order valence-corrected chi connectivity index (χ3v) is 5.78. The maximum atomic E-state index is 10.3. The van der Waals surface area contributed by atoms with E-state index in [0.29, 0.717) is 12.0 Å². The maximum absolute atomic E-state index is 10.3. The van der Waals surface area contributed by atoms with Gasteiger partial charge in [-0.1, -0.05) is 12.5 Å². The molecule has 1 heterocycles. The zero-order chi connectivity index (χ0) is 16.2. The number of likely N-dealkylation sites (tertiary alicyclic amines) is 1. The fraction of sp³-hybridized carbons (Fsp3) is 0.684. The van der Waals surface area contributed by atoms with E-state index in [1.165, 1.54) is 31.2 Å². The maximum Gasteiger partial charge on any atom is 0.160 e. The highest BCUT2D eigenvalue weighted by Gasteiger charge is 2.41. The SMILES string of the molecule is COc1ccc(CC[NH+]2CC[C@@H](O)[C@H]3CCCC[C@@H]32)cc1OC. The topological polar surface area (TPSA) is 43.1 Å². The van der Waals surface area contributed by atoms with Crippen LogP contribution in [0.5, 0.6) is 11.5 Å². The van der Waals surface area contributed by atoms with Gasteiger partial charge in [0.25, 0.3) is 0 Å². The molecule has 128 valence electrons. The number of benzene rings is 1. The van der Waals surface area contributed by atoms with Crippen molar-refractivity contribution in [1.29, 1.82) is 0 Å². The molecule has 3 rings (SSSR count). The van der Waals surface area contributed by atoms with Crippen molar-refractivity contribution in [3.05, 3.63) is 23.8 Å². The van der Waals surface area contributed by atoms with Gasteiger partial charge in [0.15, 0.2) is 11.5 Å². The predicted molar refractivity (Wildman–Crippen MR) is 90.3 cm³/mol. The molecular formula is C19H30NO3+. The average molecular weight is 320 g/mol. The van der Waals surface area contributed by atoms with Gasteiger partial charge in [-0.2, -0.15) is 0 Å². The van der Waals surface area contributed by atoms with E-state index in [0.717, 1.165) is 37.4 Å². The lowest BCUT2D eigenvalue weighted by Gasteiger charge is -2.43. The van der Waals surface area contributed by atoms with Crippen molar-refractivity contribution in [2.75, 3.05) is 27.3 Å². The van der Waals surface area contributed by atoms with E-state index in [2.05, 4.69) is 12.1 Å². The van der Waals surface area contributed by atoms with E-state index in [-0.39, 0.29) is 6.10 Å². The van der Waals surface area contributed by atoms with Crippen LogP contribution in [0.1, 0.15) is 37.7 Å². The summed E-state index contributed by atoms with van der Waals surface area (Å²) in [7, 11) is 3.36. The van der Waals surface area contributed by atoms with Crippen molar-refractivity contribution >= 4 is 0 Å². The molecule has 0 amide bonds. The first-order valence-corrected chi connectivity index (χ1v) is 8.96. The number of nitrogens with one attached hydrogen (secondary N) is 1. The highest BCUT2D eigenvalue weighted by Crippen LogP contribution is 2.29. The van der Waals surface area contributed by atoms with Gasteiger partial charge >= 0.3 is 0 Å². The Hall–Kier alpha value is -1.26. The Morgan fingerprint density at radius 2 is 1.87 bits per heavy atom. The van der Waals surface area contributed by atoms with Gasteiger partial charge in [-0.3, -0.25) is 0 Å². The second kappa shape index (κ2) is 7.54. The van der Waals surface area contributed by atoms with Crippen LogP contribution in [-0.2, 0) is 6.42 Å². The van der Waals surface area contributed by atoms with Crippen LogP contribution < -0.4 is 14.4 Å². The van der Waals surface area contributed by atoms with E-state index in [4.69, 9.17) is 9.47 Å². The van der Waals surface area contributed by atoms with Crippen molar-refractivity contribution in [2.24, 2.45) is 5.92 Å². The number of hydrogen-bond donors (Lipinski definition) is 2. The first-order valence-electron chi connectivity index (χ1n) is 8.96. The number of ether oxygens (including phenoxy) is 2. The molecule has 4 nitrogen and oxygen atoms in total. The van der Waals surface area contributed by atoms with Crippen LogP contribution in [0, 0.1) is 5.92 Å². The van der Waals surface area contributed by atoms with Crippen molar-refractivity contribution in [3.63, 3.8) is 0 Å². The fourth-order valence-corrected chi connectivity index (χ4v) is 4.51. The molecule has 1 saturated carbocycles. The molecule has 4 atom stereocenters. The monoisotopic (exact) mass is 320 g/mol. The number of aliphatic hydroxyl groups is 1. The Labute approximate surface area is 139 Å². The van der Waals surface area contributed by atoms with Gasteiger partial charge in [-0.15, -0.1) is 0 Å². The van der Waals surface area contributed by atoms with E-state index in [9.17, 15) is 5.11 Å². The molecule has 1 unspecified atom stereocenters. The van der Waals surface area contributed by atoms with Crippen molar-refractivity contribution < 1.29 is 19.5 Å². The van der Waals surface area contributed by atoms with Crippen LogP contribution in [0.2, 0.25) is 0 Å². The highest BCUT2D eigenvalue weighted by molar-refractivity contribution is 5.42. The minimum atomic E-state index is -0.0647. The van der Waals surface area contributed by atoms with E-state index in [1.54, 1.807) is 19.1 Å². The van der Waals surface area contributed by atoms with Crippen LogP contribution in [0.25, 0.3) is 0 Å². The Kier molecular flexibility index (Phi) is 5.44. The average Bonchev–Trinajstić information content (AvgIpc) is 2.61. The van der Waals surface area contributed by atoms with E-state index in [1.807, 2.05) is 6.07 Å². The summed E-state index contributed by atoms with van der Waals surface area (Å²) in [5, 5.41) is 10.3. The molecule has 0 spiro atoms. The van der Waals surface area contributed by atoms with E-state index >= 15 is 0 Å². The molecule has 1 aliphatic heterocycles. The molecule has 1 aliphatic carbocycles. The number of quaternary nitrogens is 1. The van der Waals surface area contributed by atoms with Crippen LogP contribution in [0.15, 0.2) is 18.2 Å². The van der Waals surface area contributed by atoms with Crippen LogP contribution >= 0.6 is 0 Å². The summed E-state index contributed by atoms with van der Waals surface area (Å²) in [6.07, 6.45) is 7.06. The van der Waals surface area contributed by atoms with Gasteiger partial charge in [-0.25, -0.2) is 0 Å². The number of piperidine rings is 1. The van der Waals surface area contributed by atoms with Gasteiger partial charge in [-0.05, 0) is 37.0 Å². The number of rotatable bonds is 5. The summed E-state index contributed by atoms with van der Waals surface area (Å²) >= 11 is 0. The molecule has 1 saturated heterocycles. The summed E-state index contributed by atoms with van der Waals surface area (Å²) in [4.78, 5) is 1.69. The van der Waals surface area contributed by atoms with Gasteiger partial charge < -0.3 is 19.5 Å². The lowest BCUT2D eigenvalue weighted by atomic mass is 9.76. The van der Waals surface area contributed by atoms with Gasteiger partial charge in [0.1, 0.15) is 0 Å². The smallest absolute Gasteiger partial charge is 0.160 e. The predicted octanol–water partition coefficient (Wildman–Crippen LogP) is 1.45. The normalized spacial score (nSPS) is 30.6. The Balaban J connectivity index is 1.63. The number of methoxy groups -OCH3 is 2. The molecular weight excluding hydrogens is 290 g/mol. The second-order valence-electron chi connectivity index (χ2n) is 7.01. The van der Waals surface area contributed by atoms with Crippen molar-refractivity contribution in [1.82, 2.24) is 0 Å². The van der Waals surface area contributed by atoms with Crippen molar-refractivity contribution in [2.45, 2.75) is 50.7 Å². The van der Waals surface area contributed by atoms with E-state index < -0.39 is 0 Å². The number of hydrogen-bond acceptors (Lipinski definition) is 3.